The Morgan fingerprint density at radius 3 is 3.09 bits per heavy atom. The van der Waals surface area contributed by atoms with Crippen LogP contribution in [0.25, 0.3) is 10.9 Å². The van der Waals surface area contributed by atoms with Crippen LogP contribution in [0.5, 0.6) is 0 Å². The fourth-order valence-corrected chi connectivity index (χ4v) is 2.87. The predicted molar refractivity (Wildman–Crippen MR) is 84.6 cm³/mol. The topological polar surface area (TPSA) is 76.0 Å². The van der Waals surface area contributed by atoms with E-state index in [4.69, 9.17) is 0 Å². The van der Waals surface area contributed by atoms with Gasteiger partial charge in [0.25, 0.3) is 5.56 Å². The number of nitrogens with one attached hydrogen (secondary N) is 2. The van der Waals surface area contributed by atoms with Gasteiger partial charge in [-0.1, -0.05) is 12.1 Å². The summed E-state index contributed by atoms with van der Waals surface area (Å²) < 4.78 is 1.36. The minimum atomic E-state index is -0.185. The van der Waals surface area contributed by atoms with Crippen LogP contribution < -0.4 is 16.2 Å². The Labute approximate surface area is 128 Å². The van der Waals surface area contributed by atoms with Crippen LogP contribution in [0.4, 0.5) is 0 Å². The molecule has 1 amide bonds. The fourth-order valence-electron chi connectivity index (χ4n) is 2.87. The summed E-state index contributed by atoms with van der Waals surface area (Å²) in [6.07, 6.45) is 3.45. The van der Waals surface area contributed by atoms with E-state index in [1.807, 2.05) is 6.07 Å². The van der Waals surface area contributed by atoms with E-state index in [1.54, 1.807) is 18.2 Å². The average molecular weight is 300 g/mol. The maximum absolute atomic E-state index is 12.4. The highest BCUT2D eigenvalue weighted by atomic mass is 16.2. The fraction of sp³-hybridized carbons (Fsp3) is 0.438. The molecule has 3 rings (SSSR count). The van der Waals surface area contributed by atoms with Gasteiger partial charge in [-0.15, -0.1) is 0 Å². The first kappa shape index (κ1) is 14.7. The summed E-state index contributed by atoms with van der Waals surface area (Å²) in [5.41, 5.74) is 0.463. The molecule has 0 bridgehead atoms. The lowest BCUT2D eigenvalue weighted by Gasteiger charge is -2.30. The number of para-hydroxylation sites is 1. The monoisotopic (exact) mass is 300 g/mol. The third kappa shape index (κ3) is 3.01. The molecule has 2 heterocycles. The molecule has 1 fully saturated rings. The van der Waals surface area contributed by atoms with Crippen LogP contribution in [0.1, 0.15) is 19.8 Å². The summed E-state index contributed by atoms with van der Waals surface area (Å²) in [6, 6.07) is 7.52. The highest BCUT2D eigenvalue weighted by molar-refractivity contribution is 5.79. The van der Waals surface area contributed by atoms with Crippen molar-refractivity contribution in [1.29, 1.82) is 0 Å². The smallest absolute Gasteiger partial charge is 0.261 e. The zero-order valence-electron chi connectivity index (χ0n) is 12.6. The van der Waals surface area contributed by atoms with Gasteiger partial charge < -0.3 is 10.6 Å². The number of amides is 1. The zero-order chi connectivity index (χ0) is 15.5. The lowest BCUT2D eigenvalue weighted by atomic mass is 10.00. The van der Waals surface area contributed by atoms with Gasteiger partial charge in [0.2, 0.25) is 5.91 Å². The van der Waals surface area contributed by atoms with E-state index < -0.39 is 0 Å². The van der Waals surface area contributed by atoms with E-state index in [9.17, 15) is 9.59 Å². The molecule has 2 unspecified atom stereocenters. The van der Waals surface area contributed by atoms with Crippen LogP contribution in [0.2, 0.25) is 0 Å². The third-order valence-corrected chi connectivity index (χ3v) is 4.15. The molecule has 6 nitrogen and oxygen atoms in total. The molecule has 1 aromatic carbocycles. The number of piperidine rings is 1. The first-order chi connectivity index (χ1) is 10.6. The summed E-state index contributed by atoms with van der Waals surface area (Å²) in [5.74, 6) is -0.153. The van der Waals surface area contributed by atoms with Crippen LogP contribution in [0.3, 0.4) is 0 Å². The van der Waals surface area contributed by atoms with Crippen molar-refractivity contribution in [2.24, 2.45) is 0 Å². The van der Waals surface area contributed by atoms with Crippen molar-refractivity contribution in [2.75, 3.05) is 6.54 Å². The lowest BCUT2D eigenvalue weighted by Crippen LogP contribution is -2.52. The van der Waals surface area contributed by atoms with Crippen molar-refractivity contribution in [3.05, 3.63) is 40.9 Å². The van der Waals surface area contributed by atoms with Gasteiger partial charge in [-0.2, -0.15) is 0 Å². The quantitative estimate of drug-likeness (QED) is 0.873. The van der Waals surface area contributed by atoms with E-state index >= 15 is 0 Å². The number of hydrogen-bond donors (Lipinski definition) is 2. The number of hydrogen-bond acceptors (Lipinski definition) is 4. The summed E-state index contributed by atoms with van der Waals surface area (Å²) >= 11 is 0. The number of carbonyl (C=O) groups is 1. The molecule has 0 saturated carbocycles. The van der Waals surface area contributed by atoms with Crippen LogP contribution in [-0.4, -0.2) is 34.1 Å². The maximum Gasteiger partial charge on any atom is 0.261 e. The third-order valence-electron chi connectivity index (χ3n) is 4.15. The summed E-state index contributed by atoms with van der Waals surface area (Å²) in [7, 11) is 0. The molecular formula is C16H20N4O2. The summed E-state index contributed by atoms with van der Waals surface area (Å²) in [6.45, 7) is 3.05. The van der Waals surface area contributed by atoms with E-state index in [2.05, 4.69) is 22.5 Å². The maximum atomic E-state index is 12.4. The minimum Gasteiger partial charge on any atom is -0.350 e. The van der Waals surface area contributed by atoms with Crippen molar-refractivity contribution in [3.8, 4) is 0 Å². The summed E-state index contributed by atoms with van der Waals surface area (Å²) in [5, 5.41) is 6.88. The molecular weight excluding hydrogens is 280 g/mol. The molecule has 22 heavy (non-hydrogen) atoms. The minimum absolute atomic E-state index is 0.000111. The van der Waals surface area contributed by atoms with Gasteiger partial charge in [0, 0.05) is 12.1 Å². The highest BCUT2D eigenvalue weighted by Crippen LogP contribution is 2.08. The number of rotatable bonds is 3. The molecule has 1 aliphatic heterocycles. The van der Waals surface area contributed by atoms with Gasteiger partial charge in [-0.05, 0) is 38.4 Å². The van der Waals surface area contributed by atoms with E-state index in [-0.39, 0.29) is 30.1 Å². The molecule has 1 saturated heterocycles. The van der Waals surface area contributed by atoms with Crippen molar-refractivity contribution in [3.63, 3.8) is 0 Å². The van der Waals surface area contributed by atoms with Gasteiger partial charge in [0.15, 0.2) is 0 Å². The molecule has 1 aliphatic rings. The number of carbonyl (C=O) groups excluding carboxylic acids is 1. The normalized spacial score (nSPS) is 21.7. The Kier molecular flexibility index (Phi) is 4.20. The zero-order valence-corrected chi connectivity index (χ0v) is 12.6. The molecule has 0 spiro atoms. The second kappa shape index (κ2) is 6.27. The molecule has 2 N–H and O–H groups in total. The standard InChI is InChI=1S/C16H20N4O2/c1-11-13(7-4-8-17-11)19-15(21)9-20-10-18-14-6-3-2-5-12(14)16(20)22/h2-3,5-6,10-11,13,17H,4,7-9H2,1H3,(H,19,21). The van der Waals surface area contributed by atoms with Gasteiger partial charge in [-0.3, -0.25) is 14.2 Å². The number of nitrogens with zero attached hydrogens (tertiary/aromatic N) is 2. The van der Waals surface area contributed by atoms with Crippen LogP contribution in [0, 0.1) is 0 Å². The lowest BCUT2D eigenvalue weighted by molar-refractivity contribution is -0.122. The SMILES string of the molecule is CC1NCCCC1NC(=O)Cn1cnc2ccccc2c1=O. The molecule has 2 aromatic rings. The number of aromatic nitrogens is 2. The molecule has 0 aliphatic carbocycles. The number of benzene rings is 1. The van der Waals surface area contributed by atoms with Crippen LogP contribution >= 0.6 is 0 Å². The highest BCUT2D eigenvalue weighted by Gasteiger charge is 2.22. The molecule has 116 valence electrons. The molecule has 6 heteroatoms. The predicted octanol–water partition coefficient (Wildman–Crippen LogP) is 0.653. The number of fused-ring (bicyclic) bond motifs is 1. The average Bonchev–Trinajstić information content (AvgIpc) is 2.53. The molecule has 0 radical (unpaired) electrons. The van der Waals surface area contributed by atoms with Gasteiger partial charge >= 0.3 is 0 Å². The van der Waals surface area contributed by atoms with E-state index in [0.717, 1.165) is 19.4 Å². The van der Waals surface area contributed by atoms with Gasteiger partial charge in [0.1, 0.15) is 6.54 Å². The molecule has 2 atom stereocenters. The largest absolute Gasteiger partial charge is 0.350 e. The second-order valence-corrected chi connectivity index (χ2v) is 5.75. The van der Waals surface area contributed by atoms with Gasteiger partial charge in [-0.25, -0.2) is 4.98 Å². The van der Waals surface area contributed by atoms with Crippen LogP contribution in [0.15, 0.2) is 35.4 Å². The van der Waals surface area contributed by atoms with Crippen molar-refractivity contribution >= 4 is 16.8 Å². The van der Waals surface area contributed by atoms with Crippen molar-refractivity contribution in [1.82, 2.24) is 20.2 Å². The Bertz CT molecular complexity index is 740. The Hall–Kier alpha value is -2.21. The van der Waals surface area contributed by atoms with Crippen molar-refractivity contribution in [2.45, 2.75) is 38.4 Å². The van der Waals surface area contributed by atoms with E-state index in [0.29, 0.717) is 10.9 Å². The van der Waals surface area contributed by atoms with Crippen molar-refractivity contribution < 1.29 is 4.79 Å². The first-order valence-electron chi connectivity index (χ1n) is 7.62. The second-order valence-electron chi connectivity index (χ2n) is 5.75. The van der Waals surface area contributed by atoms with Crippen LogP contribution in [-0.2, 0) is 11.3 Å². The van der Waals surface area contributed by atoms with Gasteiger partial charge in [0.05, 0.1) is 17.2 Å². The first-order valence-corrected chi connectivity index (χ1v) is 7.62. The Morgan fingerprint density at radius 2 is 2.27 bits per heavy atom. The Balaban J connectivity index is 1.74. The molecule has 1 aromatic heterocycles. The summed E-state index contributed by atoms with van der Waals surface area (Å²) in [4.78, 5) is 28.8. The van der Waals surface area contributed by atoms with E-state index in [1.165, 1.54) is 10.9 Å². The Morgan fingerprint density at radius 1 is 1.45 bits per heavy atom.